The van der Waals surface area contributed by atoms with Crippen molar-refractivity contribution in [1.82, 2.24) is 15.3 Å². The van der Waals surface area contributed by atoms with Crippen LogP contribution in [0.25, 0.3) is 33.1 Å². The summed E-state index contributed by atoms with van der Waals surface area (Å²) >= 11 is 6.20. The summed E-state index contributed by atoms with van der Waals surface area (Å²) in [5.74, 6) is 0. The van der Waals surface area contributed by atoms with Crippen LogP contribution < -0.4 is 15.8 Å². The summed E-state index contributed by atoms with van der Waals surface area (Å²) in [6.45, 7) is 3.35. The molecule has 4 aromatic rings. The van der Waals surface area contributed by atoms with E-state index in [0.29, 0.717) is 5.02 Å². The third kappa shape index (κ3) is 2.71. The first-order valence-corrected chi connectivity index (χ1v) is 9.48. The lowest BCUT2D eigenvalue weighted by Crippen LogP contribution is -2.45. The van der Waals surface area contributed by atoms with Gasteiger partial charge in [-0.15, -0.1) is 0 Å². The largest absolute Gasteiger partial charge is 0.364 e. The first-order valence-electron chi connectivity index (χ1n) is 9.10. The number of nitrogens with zero attached hydrogens (tertiary/aromatic N) is 1. The molecule has 2 aromatic heterocycles. The van der Waals surface area contributed by atoms with Gasteiger partial charge in [0.2, 0.25) is 0 Å². The zero-order chi connectivity index (χ0) is 18.4. The topological polar surface area (TPSA) is 63.9 Å². The number of hydrogen-bond acceptors (Lipinski definition) is 3. The highest BCUT2D eigenvalue weighted by Gasteiger charge is 2.23. The van der Waals surface area contributed by atoms with Gasteiger partial charge in [0, 0.05) is 47.7 Å². The van der Waals surface area contributed by atoms with Gasteiger partial charge in [-0.2, -0.15) is 0 Å². The molecule has 6 heteroatoms. The molecule has 0 saturated carbocycles. The van der Waals surface area contributed by atoms with Gasteiger partial charge in [0.15, 0.2) is 0 Å². The maximum atomic E-state index is 13.2. The van der Waals surface area contributed by atoms with Gasteiger partial charge in [0.1, 0.15) is 5.69 Å². The van der Waals surface area contributed by atoms with Crippen molar-refractivity contribution in [3.63, 3.8) is 0 Å². The van der Waals surface area contributed by atoms with Gasteiger partial charge in [0.05, 0.1) is 11.0 Å². The Bertz CT molecular complexity index is 1190. The number of aromatic amines is 2. The molecular weight excluding hydrogens is 360 g/mol. The minimum atomic E-state index is -0.0656. The quantitative estimate of drug-likeness (QED) is 0.498. The van der Waals surface area contributed by atoms with Crippen LogP contribution in [-0.2, 0) is 0 Å². The average molecular weight is 379 g/mol. The van der Waals surface area contributed by atoms with E-state index in [4.69, 9.17) is 11.6 Å². The van der Waals surface area contributed by atoms with E-state index in [1.807, 2.05) is 36.4 Å². The van der Waals surface area contributed by atoms with Crippen LogP contribution in [0.1, 0.15) is 0 Å². The fraction of sp³-hybridized carbons (Fsp3) is 0.190. The Morgan fingerprint density at radius 3 is 2.48 bits per heavy atom. The summed E-state index contributed by atoms with van der Waals surface area (Å²) in [5.41, 5.74) is 5.34. The van der Waals surface area contributed by atoms with E-state index in [1.165, 1.54) is 0 Å². The van der Waals surface area contributed by atoms with E-state index >= 15 is 0 Å². The highest BCUT2D eigenvalue weighted by atomic mass is 35.5. The number of piperazine rings is 1. The molecule has 0 amide bonds. The van der Waals surface area contributed by atoms with Crippen molar-refractivity contribution in [1.29, 1.82) is 0 Å². The molecule has 0 atom stereocenters. The monoisotopic (exact) mass is 378 g/mol. The summed E-state index contributed by atoms with van der Waals surface area (Å²) in [6, 6.07) is 15.8. The van der Waals surface area contributed by atoms with E-state index in [2.05, 4.69) is 32.3 Å². The van der Waals surface area contributed by atoms with Gasteiger partial charge < -0.3 is 20.2 Å². The first-order chi connectivity index (χ1) is 13.2. The Morgan fingerprint density at radius 2 is 1.70 bits per heavy atom. The van der Waals surface area contributed by atoms with Crippen LogP contribution in [0, 0.1) is 0 Å². The third-order valence-electron chi connectivity index (χ3n) is 5.20. The lowest BCUT2D eigenvalue weighted by atomic mass is 10.0. The molecule has 2 aromatic carbocycles. The molecule has 27 heavy (non-hydrogen) atoms. The van der Waals surface area contributed by atoms with Gasteiger partial charge in [-0.25, -0.2) is 0 Å². The van der Waals surface area contributed by atoms with Crippen molar-refractivity contribution < 1.29 is 0 Å². The summed E-state index contributed by atoms with van der Waals surface area (Å²) in [7, 11) is 0. The molecule has 1 aliphatic heterocycles. The van der Waals surface area contributed by atoms with Crippen molar-refractivity contribution >= 4 is 39.2 Å². The van der Waals surface area contributed by atoms with Crippen LogP contribution in [-0.4, -0.2) is 36.1 Å². The number of fused-ring (bicyclic) bond motifs is 3. The van der Waals surface area contributed by atoms with Crippen LogP contribution >= 0.6 is 11.6 Å². The highest BCUT2D eigenvalue weighted by Crippen LogP contribution is 2.37. The SMILES string of the molecule is O=c1[nH]c2c([nH]c3ccc(Cl)cc32)c(-c2ccccc2)c1N1CCNCC1. The maximum Gasteiger partial charge on any atom is 0.272 e. The molecule has 0 unspecified atom stereocenters. The van der Waals surface area contributed by atoms with Crippen molar-refractivity contribution in [2.24, 2.45) is 0 Å². The zero-order valence-corrected chi connectivity index (χ0v) is 15.4. The number of nitrogens with one attached hydrogen (secondary N) is 3. The molecule has 1 saturated heterocycles. The molecule has 0 radical (unpaired) electrons. The Hall–Kier alpha value is -2.76. The van der Waals surface area contributed by atoms with Crippen LogP contribution in [0.4, 0.5) is 5.69 Å². The van der Waals surface area contributed by atoms with Gasteiger partial charge in [-0.1, -0.05) is 41.9 Å². The predicted molar refractivity (Wildman–Crippen MR) is 112 cm³/mol. The number of anilines is 1. The normalized spacial score (nSPS) is 14.9. The molecule has 136 valence electrons. The molecule has 3 N–H and O–H groups in total. The van der Waals surface area contributed by atoms with Crippen LogP contribution in [0.3, 0.4) is 0 Å². The second-order valence-electron chi connectivity index (χ2n) is 6.85. The molecule has 0 bridgehead atoms. The van der Waals surface area contributed by atoms with Crippen LogP contribution in [0.2, 0.25) is 5.02 Å². The summed E-state index contributed by atoms with van der Waals surface area (Å²) in [5, 5.41) is 4.93. The number of benzene rings is 2. The number of rotatable bonds is 2. The number of halogens is 1. The van der Waals surface area contributed by atoms with Crippen molar-refractivity contribution in [3.05, 3.63) is 63.9 Å². The second-order valence-corrected chi connectivity index (χ2v) is 7.28. The lowest BCUT2D eigenvalue weighted by molar-refractivity contribution is 0.588. The standard InChI is InChI=1S/C21H19ClN4O/c22-14-6-7-16-15(12-14)18-19(24-16)17(13-4-2-1-3-5-13)20(21(27)25-18)26-10-8-23-9-11-26/h1-7,12,23-24H,8-11H2,(H,25,27). The molecular formula is C21H19ClN4O. The third-order valence-corrected chi connectivity index (χ3v) is 5.43. The van der Waals surface area contributed by atoms with E-state index in [1.54, 1.807) is 0 Å². The number of aromatic nitrogens is 2. The summed E-state index contributed by atoms with van der Waals surface area (Å²) in [4.78, 5) is 22.0. The zero-order valence-electron chi connectivity index (χ0n) is 14.7. The Balaban J connectivity index is 1.89. The number of H-pyrrole nitrogens is 2. The maximum absolute atomic E-state index is 13.2. The van der Waals surface area contributed by atoms with Gasteiger partial charge in [0.25, 0.3) is 5.56 Å². The van der Waals surface area contributed by atoms with Crippen LogP contribution in [0.5, 0.6) is 0 Å². The molecule has 5 rings (SSSR count). The van der Waals surface area contributed by atoms with Crippen molar-refractivity contribution in [2.75, 3.05) is 31.1 Å². The predicted octanol–water partition coefficient (Wildman–Crippen LogP) is 3.74. The molecule has 0 aliphatic carbocycles. The number of pyridine rings is 1. The Morgan fingerprint density at radius 1 is 0.926 bits per heavy atom. The van der Waals surface area contributed by atoms with Crippen molar-refractivity contribution in [2.45, 2.75) is 0 Å². The second kappa shape index (κ2) is 6.44. The van der Waals surface area contributed by atoms with E-state index in [0.717, 1.165) is 64.9 Å². The Kier molecular flexibility index (Phi) is 3.92. The fourth-order valence-electron chi connectivity index (χ4n) is 3.96. The summed E-state index contributed by atoms with van der Waals surface area (Å²) in [6.07, 6.45) is 0. The average Bonchev–Trinajstić information content (AvgIpc) is 3.05. The van der Waals surface area contributed by atoms with E-state index in [-0.39, 0.29) is 5.56 Å². The summed E-state index contributed by atoms with van der Waals surface area (Å²) < 4.78 is 0. The first kappa shape index (κ1) is 16.4. The highest BCUT2D eigenvalue weighted by molar-refractivity contribution is 6.31. The van der Waals surface area contributed by atoms with E-state index < -0.39 is 0 Å². The lowest BCUT2D eigenvalue weighted by Gasteiger charge is -2.30. The minimum absolute atomic E-state index is 0.0656. The molecule has 0 spiro atoms. The Labute approximate surface area is 161 Å². The number of hydrogen-bond donors (Lipinski definition) is 3. The minimum Gasteiger partial charge on any atom is -0.364 e. The van der Waals surface area contributed by atoms with Crippen molar-refractivity contribution in [3.8, 4) is 11.1 Å². The van der Waals surface area contributed by atoms with Gasteiger partial charge in [-0.05, 0) is 23.8 Å². The van der Waals surface area contributed by atoms with Gasteiger partial charge in [-0.3, -0.25) is 4.79 Å². The molecule has 1 aliphatic rings. The fourth-order valence-corrected chi connectivity index (χ4v) is 4.13. The van der Waals surface area contributed by atoms with Crippen LogP contribution in [0.15, 0.2) is 53.3 Å². The smallest absolute Gasteiger partial charge is 0.272 e. The molecule has 5 nitrogen and oxygen atoms in total. The van der Waals surface area contributed by atoms with E-state index in [9.17, 15) is 4.79 Å². The molecule has 1 fully saturated rings. The molecule has 3 heterocycles. The van der Waals surface area contributed by atoms with Gasteiger partial charge >= 0.3 is 0 Å².